The van der Waals surface area contributed by atoms with Gasteiger partial charge >= 0.3 is 5.97 Å². The molecule has 100 valence electrons. The summed E-state index contributed by atoms with van der Waals surface area (Å²) >= 11 is 7.39. The highest BCUT2D eigenvalue weighted by molar-refractivity contribution is 7.17. The molecule has 0 saturated heterocycles. The Labute approximate surface area is 120 Å². The number of benzene rings is 1. The van der Waals surface area contributed by atoms with Crippen molar-refractivity contribution in [3.05, 3.63) is 45.9 Å². The van der Waals surface area contributed by atoms with Crippen LogP contribution in [0.4, 0.5) is 5.13 Å². The van der Waals surface area contributed by atoms with E-state index in [4.69, 9.17) is 11.6 Å². The highest BCUT2D eigenvalue weighted by Crippen LogP contribution is 2.27. The molecule has 0 amide bonds. The molecule has 0 fully saturated rings. The number of ether oxygens (including phenoxy) is 1. The van der Waals surface area contributed by atoms with Crippen LogP contribution in [-0.4, -0.2) is 18.1 Å². The van der Waals surface area contributed by atoms with Gasteiger partial charge in [0.1, 0.15) is 4.88 Å². The van der Waals surface area contributed by atoms with Gasteiger partial charge in [-0.2, -0.15) is 0 Å². The first-order valence-corrected chi connectivity index (χ1v) is 6.86. The molecular formula is C13H13ClN2O2S. The Morgan fingerprint density at radius 3 is 2.89 bits per heavy atom. The van der Waals surface area contributed by atoms with Crippen molar-refractivity contribution in [2.24, 2.45) is 0 Å². The fraction of sp³-hybridized carbons (Fsp3) is 0.231. The highest BCUT2D eigenvalue weighted by Gasteiger charge is 2.14. The molecule has 0 aliphatic carbocycles. The predicted octanol–water partition coefficient (Wildman–Crippen LogP) is 3.76. The maximum absolute atomic E-state index is 11.3. The van der Waals surface area contributed by atoms with E-state index in [0.29, 0.717) is 15.0 Å². The van der Waals surface area contributed by atoms with Crippen LogP contribution < -0.4 is 5.32 Å². The lowest BCUT2D eigenvalue weighted by atomic mass is 10.1. The lowest BCUT2D eigenvalue weighted by Gasteiger charge is -2.14. The van der Waals surface area contributed by atoms with E-state index in [9.17, 15) is 4.79 Å². The van der Waals surface area contributed by atoms with Crippen molar-refractivity contribution in [1.29, 1.82) is 0 Å². The van der Waals surface area contributed by atoms with E-state index in [-0.39, 0.29) is 12.0 Å². The van der Waals surface area contributed by atoms with E-state index in [1.807, 2.05) is 31.2 Å². The molecule has 0 bridgehead atoms. The van der Waals surface area contributed by atoms with Crippen molar-refractivity contribution in [1.82, 2.24) is 4.98 Å². The number of thiazole rings is 1. The summed E-state index contributed by atoms with van der Waals surface area (Å²) in [5.41, 5.74) is 0.985. The van der Waals surface area contributed by atoms with Crippen LogP contribution in [-0.2, 0) is 4.74 Å². The minimum absolute atomic E-state index is 0.00495. The third kappa shape index (κ3) is 3.24. The first-order chi connectivity index (χ1) is 9.11. The summed E-state index contributed by atoms with van der Waals surface area (Å²) in [4.78, 5) is 15.9. The molecule has 1 aromatic carbocycles. The second-order valence-electron chi connectivity index (χ2n) is 3.91. The van der Waals surface area contributed by atoms with E-state index < -0.39 is 0 Å². The average Bonchev–Trinajstić information content (AvgIpc) is 2.86. The molecule has 1 atom stereocenters. The molecule has 2 rings (SSSR count). The summed E-state index contributed by atoms with van der Waals surface area (Å²) in [6.07, 6.45) is 1.50. The minimum atomic E-state index is -0.379. The summed E-state index contributed by atoms with van der Waals surface area (Å²) in [6, 6.07) is 7.62. The smallest absolute Gasteiger partial charge is 0.349 e. The molecule has 0 saturated carbocycles. The Hall–Kier alpha value is -1.59. The van der Waals surface area contributed by atoms with Gasteiger partial charge in [0, 0.05) is 5.02 Å². The predicted molar refractivity (Wildman–Crippen MR) is 76.9 cm³/mol. The molecule has 1 unspecified atom stereocenters. The van der Waals surface area contributed by atoms with Gasteiger partial charge in [0.05, 0.1) is 19.3 Å². The van der Waals surface area contributed by atoms with Crippen LogP contribution in [0.5, 0.6) is 0 Å². The van der Waals surface area contributed by atoms with Crippen molar-refractivity contribution in [2.75, 3.05) is 12.4 Å². The summed E-state index contributed by atoms with van der Waals surface area (Å²) < 4.78 is 4.64. The Balaban J connectivity index is 2.11. The number of rotatable bonds is 4. The van der Waals surface area contributed by atoms with Crippen molar-refractivity contribution in [3.8, 4) is 0 Å². The maximum Gasteiger partial charge on any atom is 0.349 e. The number of anilines is 1. The minimum Gasteiger partial charge on any atom is -0.465 e. The number of carbonyl (C=O) groups excluding carboxylic acids is 1. The number of nitrogens with one attached hydrogen (secondary N) is 1. The molecule has 1 heterocycles. The number of aromatic nitrogens is 1. The number of hydrogen-bond acceptors (Lipinski definition) is 5. The topological polar surface area (TPSA) is 51.2 Å². The SMILES string of the molecule is COC(=O)c1cnc(NC(C)c2ccccc2Cl)s1. The summed E-state index contributed by atoms with van der Waals surface area (Å²) in [6.45, 7) is 1.99. The van der Waals surface area contributed by atoms with E-state index >= 15 is 0 Å². The molecule has 2 aromatic rings. The Morgan fingerprint density at radius 1 is 1.47 bits per heavy atom. The van der Waals surface area contributed by atoms with E-state index in [1.54, 1.807) is 0 Å². The van der Waals surface area contributed by atoms with Crippen LogP contribution in [0.1, 0.15) is 28.2 Å². The number of halogens is 1. The summed E-state index contributed by atoms with van der Waals surface area (Å²) in [5.74, 6) is -0.379. The summed E-state index contributed by atoms with van der Waals surface area (Å²) in [7, 11) is 1.35. The third-order valence-electron chi connectivity index (χ3n) is 2.60. The quantitative estimate of drug-likeness (QED) is 0.873. The van der Waals surface area contributed by atoms with Gasteiger partial charge in [-0.1, -0.05) is 41.1 Å². The van der Waals surface area contributed by atoms with Gasteiger partial charge in [-0.15, -0.1) is 0 Å². The molecule has 1 aromatic heterocycles. The zero-order chi connectivity index (χ0) is 13.8. The molecule has 0 spiro atoms. The number of methoxy groups -OCH3 is 1. The fourth-order valence-corrected chi connectivity index (χ4v) is 2.75. The highest BCUT2D eigenvalue weighted by atomic mass is 35.5. The van der Waals surface area contributed by atoms with Crippen LogP contribution in [0, 0.1) is 0 Å². The van der Waals surface area contributed by atoms with Crippen molar-refractivity contribution in [2.45, 2.75) is 13.0 Å². The van der Waals surface area contributed by atoms with Crippen molar-refractivity contribution in [3.63, 3.8) is 0 Å². The monoisotopic (exact) mass is 296 g/mol. The number of hydrogen-bond donors (Lipinski definition) is 1. The molecule has 1 N–H and O–H groups in total. The molecule has 4 nitrogen and oxygen atoms in total. The second kappa shape index (κ2) is 6.04. The lowest BCUT2D eigenvalue weighted by Crippen LogP contribution is -2.06. The van der Waals surface area contributed by atoms with Gasteiger partial charge in [-0.3, -0.25) is 0 Å². The normalized spacial score (nSPS) is 11.9. The van der Waals surface area contributed by atoms with Crippen LogP contribution in [0.2, 0.25) is 5.02 Å². The molecule has 0 radical (unpaired) electrons. The van der Waals surface area contributed by atoms with E-state index in [2.05, 4.69) is 15.0 Å². The Kier molecular flexibility index (Phi) is 4.39. The largest absolute Gasteiger partial charge is 0.465 e. The molecule has 6 heteroatoms. The third-order valence-corrected chi connectivity index (χ3v) is 3.86. The van der Waals surface area contributed by atoms with Crippen molar-refractivity contribution < 1.29 is 9.53 Å². The Bertz CT molecular complexity index is 586. The molecule has 0 aliphatic heterocycles. The lowest BCUT2D eigenvalue weighted by molar-refractivity contribution is 0.0606. The molecular weight excluding hydrogens is 284 g/mol. The van der Waals surface area contributed by atoms with Gasteiger partial charge < -0.3 is 10.1 Å². The van der Waals surface area contributed by atoms with Gasteiger partial charge in [0.15, 0.2) is 5.13 Å². The first kappa shape index (κ1) is 13.8. The maximum atomic E-state index is 11.3. The zero-order valence-corrected chi connectivity index (χ0v) is 12.1. The number of carbonyl (C=O) groups is 1. The van der Waals surface area contributed by atoms with Crippen LogP contribution in [0.3, 0.4) is 0 Å². The average molecular weight is 297 g/mol. The molecule has 0 aliphatic rings. The van der Waals surface area contributed by atoms with Gasteiger partial charge in [0.25, 0.3) is 0 Å². The van der Waals surface area contributed by atoms with E-state index in [0.717, 1.165) is 5.56 Å². The Morgan fingerprint density at radius 2 is 2.21 bits per heavy atom. The fourth-order valence-electron chi connectivity index (χ4n) is 1.63. The van der Waals surface area contributed by atoms with Crippen LogP contribution in [0.15, 0.2) is 30.5 Å². The second-order valence-corrected chi connectivity index (χ2v) is 5.35. The number of nitrogens with zero attached hydrogens (tertiary/aromatic N) is 1. The number of esters is 1. The molecule has 19 heavy (non-hydrogen) atoms. The van der Waals surface area contributed by atoms with Crippen LogP contribution in [0.25, 0.3) is 0 Å². The van der Waals surface area contributed by atoms with Gasteiger partial charge in [-0.05, 0) is 18.6 Å². The first-order valence-electron chi connectivity index (χ1n) is 5.67. The standard InChI is InChI=1S/C13H13ClN2O2S/c1-8(9-5-3-4-6-10(9)14)16-13-15-7-11(19-13)12(17)18-2/h3-8H,1-2H3,(H,15,16). The van der Waals surface area contributed by atoms with E-state index in [1.165, 1.54) is 24.6 Å². The summed E-state index contributed by atoms with van der Waals surface area (Å²) in [5, 5.41) is 4.57. The van der Waals surface area contributed by atoms with Gasteiger partial charge in [0.2, 0.25) is 0 Å². The van der Waals surface area contributed by atoms with Crippen molar-refractivity contribution >= 4 is 34.0 Å². The zero-order valence-electron chi connectivity index (χ0n) is 10.5. The van der Waals surface area contributed by atoms with Crippen LogP contribution >= 0.6 is 22.9 Å². The van der Waals surface area contributed by atoms with Gasteiger partial charge in [-0.25, -0.2) is 9.78 Å².